The minimum atomic E-state index is -0.650. The molecule has 0 aromatic rings. The Morgan fingerprint density at radius 2 is 1.86 bits per heavy atom. The molecule has 5 heteroatoms. The predicted molar refractivity (Wildman–Crippen MR) is 53.1 cm³/mol. The van der Waals surface area contributed by atoms with E-state index in [1.807, 2.05) is 0 Å². The van der Waals surface area contributed by atoms with E-state index in [4.69, 9.17) is 4.74 Å². The molecule has 0 rings (SSSR count). The van der Waals surface area contributed by atoms with E-state index in [1.54, 1.807) is 27.7 Å². The molecule has 0 bridgehead atoms. The zero-order valence-electron chi connectivity index (χ0n) is 9.38. The molecule has 0 unspecified atom stereocenters. The number of nitrogens with zero attached hydrogens (tertiary/aromatic N) is 1. The number of hydrogen-bond donors (Lipinski definition) is 1. The summed E-state index contributed by atoms with van der Waals surface area (Å²) < 4.78 is 4.99. The fraction of sp³-hybridized carbons (Fsp3) is 0.778. The number of imide groups is 1. The maximum absolute atomic E-state index is 11.3. The Kier molecular flexibility index (Phi) is 4.40. The second-order valence-electron chi connectivity index (χ2n) is 3.87. The van der Waals surface area contributed by atoms with E-state index in [1.165, 1.54) is 7.05 Å². The van der Waals surface area contributed by atoms with Crippen LogP contribution in [0, 0.1) is 0 Å². The minimum absolute atomic E-state index is 0.457. The van der Waals surface area contributed by atoms with Crippen LogP contribution in [0.5, 0.6) is 0 Å². The molecule has 0 saturated heterocycles. The first-order valence-corrected chi connectivity index (χ1v) is 4.52. The second-order valence-corrected chi connectivity index (χ2v) is 3.87. The van der Waals surface area contributed by atoms with Gasteiger partial charge in [-0.25, -0.2) is 14.5 Å². The van der Waals surface area contributed by atoms with Crippen molar-refractivity contribution < 1.29 is 14.3 Å². The molecule has 1 N–H and O–H groups in total. The van der Waals surface area contributed by atoms with Crippen LogP contribution in [0.4, 0.5) is 9.59 Å². The maximum Gasteiger partial charge on any atom is 0.418 e. The third kappa shape index (κ3) is 4.69. The number of amides is 3. The van der Waals surface area contributed by atoms with E-state index >= 15 is 0 Å². The van der Waals surface area contributed by atoms with E-state index in [9.17, 15) is 9.59 Å². The highest BCUT2D eigenvalue weighted by Gasteiger charge is 2.23. The van der Waals surface area contributed by atoms with Crippen LogP contribution in [0.15, 0.2) is 0 Å². The summed E-state index contributed by atoms with van der Waals surface area (Å²) in [6.45, 7) is 7.50. The van der Waals surface area contributed by atoms with E-state index in [0.29, 0.717) is 6.54 Å². The average Bonchev–Trinajstić information content (AvgIpc) is 2.00. The Bertz CT molecular complexity index is 221. The lowest BCUT2D eigenvalue weighted by Gasteiger charge is -2.23. The minimum Gasteiger partial charge on any atom is -0.443 e. The van der Waals surface area contributed by atoms with Gasteiger partial charge in [0.15, 0.2) is 0 Å². The van der Waals surface area contributed by atoms with Gasteiger partial charge in [-0.2, -0.15) is 0 Å². The Morgan fingerprint density at radius 1 is 1.36 bits per heavy atom. The highest BCUT2D eigenvalue weighted by Crippen LogP contribution is 2.08. The predicted octanol–water partition coefficient (Wildman–Crippen LogP) is 1.58. The highest BCUT2D eigenvalue weighted by atomic mass is 16.6. The number of carbonyl (C=O) groups is 2. The van der Waals surface area contributed by atoms with Crippen LogP contribution < -0.4 is 5.32 Å². The maximum atomic E-state index is 11.3. The lowest BCUT2D eigenvalue weighted by atomic mass is 10.2. The quantitative estimate of drug-likeness (QED) is 0.702. The van der Waals surface area contributed by atoms with E-state index < -0.39 is 17.7 Å². The molecule has 0 spiro atoms. The molecule has 0 aliphatic heterocycles. The molecule has 0 saturated carbocycles. The van der Waals surface area contributed by atoms with E-state index in [-0.39, 0.29) is 0 Å². The molecule has 0 heterocycles. The van der Waals surface area contributed by atoms with Gasteiger partial charge in [-0.3, -0.25) is 0 Å². The Balaban J connectivity index is 4.19. The summed E-state index contributed by atoms with van der Waals surface area (Å²) in [6.07, 6.45) is -0.650. The van der Waals surface area contributed by atoms with Crippen molar-refractivity contribution in [3.8, 4) is 0 Å². The fourth-order valence-electron chi connectivity index (χ4n) is 0.683. The first kappa shape index (κ1) is 12.7. The third-order valence-corrected chi connectivity index (χ3v) is 1.30. The molecule has 0 aromatic carbocycles. The van der Waals surface area contributed by atoms with Crippen LogP contribution in [-0.2, 0) is 4.74 Å². The van der Waals surface area contributed by atoms with Gasteiger partial charge in [-0.15, -0.1) is 0 Å². The molecule has 0 aliphatic carbocycles. The van der Waals surface area contributed by atoms with Crippen LogP contribution in [0.25, 0.3) is 0 Å². The third-order valence-electron chi connectivity index (χ3n) is 1.30. The zero-order valence-corrected chi connectivity index (χ0v) is 9.38. The van der Waals surface area contributed by atoms with Gasteiger partial charge in [0, 0.05) is 13.6 Å². The van der Waals surface area contributed by atoms with E-state index in [0.717, 1.165) is 4.90 Å². The van der Waals surface area contributed by atoms with Crippen LogP contribution in [0.3, 0.4) is 0 Å². The van der Waals surface area contributed by atoms with Crippen LogP contribution >= 0.6 is 0 Å². The number of carbonyl (C=O) groups excluding carboxylic acids is 2. The standard InChI is InChI=1S/C9H18N2O3/c1-6-10-7(12)11(5)8(13)14-9(2,3)4/h6H2,1-5H3,(H,10,12). The Morgan fingerprint density at radius 3 is 2.21 bits per heavy atom. The van der Waals surface area contributed by atoms with Gasteiger partial charge in [0.1, 0.15) is 5.60 Å². The van der Waals surface area contributed by atoms with Crippen molar-refractivity contribution in [1.29, 1.82) is 0 Å². The first-order chi connectivity index (χ1) is 6.28. The van der Waals surface area contributed by atoms with Gasteiger partial charge in [0.05, 0.1) is 0 Å². The Hall–Kier alpha value is -1.26. The largest absolute Gasteiger partial charge is 0.443 e. The van der Waals surface area contributed by atoms with Gasteiger partial charge >= 0.3 is 12.1 Å². The van der Waals surface area contributed by atoms with Gasteiger partial charge in [0.25, 0.3) is 0 Å². The smallest absolute Gasteiger partial charge is 0.418 e. The normalized spacial score (nSPS) is 10.6. The van der Waals surface area contributed by atoms with Crippen molar-refractivity contribution >= 4 is 12.1 Å². The molecule has 82 valence electrons. The van der Waals surface area contributed by atoms with Crippen molar-refractivity contribution in [3.63, 3.8) is 0 Å². The lowest BCUT2D eigenvalue weighted by Crippen LogP contribution is -2.43. The van der Waals surface area contributed by atoms with E-state index in [2.05, 4.69) is 5.32 Å². The van der Waals surface area contributed by atoms with Gasteiger partial charge in [0.2, 0.25) is 0 Å². The van der Waals surface area contributed by atoms with Crippen molar-refractivity contribution in [2.24, 2.45) is 0 Å². The number of urea groups is 1. The molecule has 0 aliphatic rings. The lowest BCUT2D eigenvalue weighted by molar-refractivity contribution is 0.0360. The average molecular weight is 202 g/mol. The number of nitrogens with one attached hydrogen (secondary N) is 1. The molecule has 0 radical (unpaired) electrons. The van der Waals surface area contributed by atoms with Crippen LogP contribution in [-0.4, -0.2) is 36.2 Å². The summed E-state index contributed by atoms with van der Waals surface area (Å²) in [6, 6.07) is -0.457. The summed E-state index contributed by atoms with van der Waals surface area (Å²) in [5, 5.41) is 2.50. The van der Waals surface area contributed by atoms with Crippen molar-refractivity contribution in [1.82, 2.24) is 10.2 Å². The fourth-order valence-corrected chi connectivity index (χ4v) is 0.683. The summed E-state index contributed by atoms with van der Waals surface area (Å²) in [5.41, 5.74) is -0.585. The topological polar surface area (TPSA) is 58.6 Å². The molecular formula is C9H18N2O3. The molecule has 5 nitrogen and oxygen atoms in total. The zero-order chi connectivity index (χ0) is 11.4. The van der Waals surface area contributed by atoms with Crippen LogP contribution in [0.1, 0.15) is 27.7 Å². The molecule has 0 atom stereocenters. The summed E-state index contributed by atoms with van der Waals surface area (Å²) >= 11 is 0. The van der Waals surface area contributed by atoms with Gasteiger partial charge in [-0.1, -0.05) is 0 Å². The summed E-state index contributed by atoms with van der Waals surface area (Å²) in [5.74, 6) is 0. The summed E-state index contributed by atoms with van der Waals surface area (Å²) in [4.78, 5) is 23.4. The van der Waals surface area contributed by atoms with Crippen molar-refractivity contribution in [2.75, 3.05) is 13.6 Å². The molecular weight excluding hydrogens is 184 g/mol. The van der Waals surface area contributed by atoms with Gasteiger partial charge < -0.3 is 10.1 Å². The SMILES string of the molecule is CCNC(=O)N(C)C(=O)OC(C)(C)C. The van der Waals surface area contributed by atoms with Crippen LogP contribution in [0.2, 0.25) is 0 Å². The van der Waals surface area contributed by atoms with Crippen molar-refractivity contribution in [3.05, 3.63) is 0 Å². The second kappa shape index (κ2) is 4.83. The molecule has 0 aromatic heterocycles. The number of hydrogen-bond acceptors (Lipinski definition) is 3. The molecule has 3 amide bonds. The van der Waals surface area contributed by atoms with Gasteiger partial charge in [-0.05, 0) is 27.7 Å². The summed E-state index contributed by atoms with van der Waals surface area (Å²) in [7, 11) is 1.37. The Labute approximate surface area is 84.4 Å². The number of rotatable bonds is 1. The monoisotopic (exact) mass is 202 g/mol. The number of ether oxygens (including phenoxy) is 1. The molecule has 0 fully saturated rings. The molecule has 14 heavy (non-hydrogen) atoms. The first-order valence-electron chi connectivity index (χ1n) is 4.52. The van der Waals surface area contributed by atoms with Crippen molar-refractivity contribution in [2.45, 2.75) is 33.3 Å². The highest BCUT2D eigenvalue weighted by molar-refractivity contribution is 5.90.